The Bertz CT molecular complexity index is 2670. The van der Waals surface area contributed by atoms with Gasteiger partial charge in [0, 0.05) is 22.2 Å². The number of fused-ring (bicyclic) bond motifs is 6. The summed E-state index contributed by atoms with van der Waals surface area (Å²) in [5.41, 5.74) is 12.8. The Morgan fingerprint density at radius 3 is 2.02 bits per heavy atom. The van der Waals surface area contributed by atoms with Crippen LogP contribution in [-0.2, 0) is 5.41 Å². The van der Waals surface area contributed by atoms with Gasteiger partial charge in [-0.3, -0.25) is 0 Å². The minimum atomic E-state index is -0.193. The lowest BCUT2D eigenvalue weighted by molar-refractivity contribution is 0.471. The molecule has 0 saturated heterocycles. The fourth-order valence-corrected chi connectivity index (χ4v) is 8.33. The Morgan fingerprint density at radius 2 is 1.18 bits per heavy atom. The smallest absolute Gasteiger partial charge is 0.151 e. The highest BCUT2D eigenvalue weighted by molar-refractivity contribution is 6.00. The van der Waals surface area contributed by atoms with Crippen LogP contribution in [0.5, 0.6) is 11.5 Å². The van der Waals surface area contributed by atoms with Gasteiger partial charge in [0.2, 0.25) is 0 Å². The Kier molecular flexibility index (Phi) is 6.44. The lowest BCUT2D eigenvalue weighted by atomic mass is 9.72. The first-order valence-corrected chi connectivity index (χ1v) is 17.7. The minimum absolute atomic E-state index is 0.193. The molecular formula is C48H36N2O. The number of para-hydroxylation sites is 2. The number of benzene rings is 8. The van der Waals surface area contributed by atoms with E-state index in [1.54, 1.807) is 0 Å². The molecule has 0 atom stereocenters. The van der Waals surface area contributed by atoms with Crippen LogP contribution in [0.4, 0.5) is 34.1 Å². The first-order chi connectivity index (χ1) is 25.0. The third-order valence-electron chi connectivity index (χ3n) is 10.9. The molecule has 51 heavy (non-hydrogen) atoms. The highest BCUT2D eigenvalue weighted by atomic mass is 16.5. The van der Waals surface area contributed by atoms with E-state index >= 15 is 0 Å². The second-order valence-electron chi connectivity index (χ2n) is 14.3. The van der Waals surface area contributed by atoms with Gasteiger partial charge in [-0.05, 0) is 99.4 Å². The van der Waals surface area contributed by atoms with E-state index in [1.165, 1.54) is 55.0 Å². The summed E-state index contributed by atoms with van der Waals surface area (Å²) in [5, 5.41) is 4.89. The molecule has 2 aliphatic rings. The maximum Gasteiger partial charge on any atom is 0.151 e. The molecule has 0 aromatic heterocycles. The predicted molar refractivity (Wildman–Crippen MR) is 213 cm³/mol. The maximum atomic E-state index is 6.54. The molecule has 3 nitrogen and oxygen atoms in total. The number of hydrogen-bond acceptors (Lipinski definition) is 3. The van der Waals surface area contributed by atoms with E-state index in [0.717, 1.165) is 39.9 Å². The third kappa shape index (κ3) is 4.51. The number of hydrogen-bond donors (Lipinski definition) is 0. The van der Waals surface area contributed by atoms with Gasteiger partial charge in [-0.2, -0.15) is 0 Å². The summed E-state index contributed by atoms with van der Waals surface area (Å²) in [6.45, 7) is 6.83. The van der Waals surface area contributed by atoms with Crippen LogP contribution >= 0.6 is 0 Å². The Hall–Kier alpha value is -6.32. The summed E-state index contributed by atoms with van der Waals surface area (Å²) < 4.78 is 6.54. The zero-order valence-corrected chi connectivity index (χ0v) is 28.9. The molecule has 2 heterocycles. The lowest BCUT2D eigenvalue weighted by Crippen LogP contribution is -2.32. The molecule has 10 rings (SSSR count). The highest BCUT2D eigenvalue weighted by Crippen LogP contribution is 2.60. The molecule has 0 spiro atoms. The number of anilines is 6. The van der Waals surface area contributed by atoms with Gasteiger partial charge in [-0.15, -0.1) is 0 Å². The summed E-state index contributed by atoms with van der Waals surface area (Å²) in [6, 6.07) is 59.4. The molecule has 3 heteroatoms. The van der Waals surface area contributed by atoms with Crippen LogP contribution < -0.4 is 14.5 Å². The zero-order valence-electron chi connectivity index (χ0n) is 28.9. The van der Waals surface area contributed by atoms with Gasteiger partial charge in [-0.25, -0.2) is 0 Å². The van der Waals surface area contributed by atoms with Crippen LogP contribution in [0.15, 0.2) is 164 Å². The summed E-state index contributed by atoms with van der Waals surface area (Å²) in [5.74, 6) is 1.79. The average Bonchev–Trinajstić information content (AvgIpc) is 3.17. The molecule has 0 fully saturated rings. The van der Waals surface area contributed by atoms with Gasteiger partial charge in [0.1, 0.15) is 0 Å². The first-order valence-electron chi connectivity index (χ1n) is 17.7. The standard InChI is InChI=1S/C48H36N2O/c1-31-11-8-19-44-46(31)50-43-30-36(24-28-40(43)48(2,3)41-17-10-20-45(51-44)47(41)50)33-21-25-37(26-22-33)49(38-27-23-32-12-4-5-14-35(32)29-38)42-18-9-15-34-13-6-7-16-39(34)42/h4-30H,1-3H3. The SMILES string of the molecule is Cc1cccc2c1N1c3cc(-c4ccc(N(c5ccc6ccccc6c5)c5cccc6ccccc56)cc4)ccc3C(C)(C)c3cccc(c31)O2. The van der Waals surface area contributed by atoms with Gasteiger partial charge in [0.05, 0.1) is 22.7 Å². The number of aryl methyl sites for hydroxylation is 1. The van der Waals surface area contributed by atoms with E-state index in [2.05, 4.69) is 194 Å². The minimum Gasteiger partial charge on any atom is -0.453 e. The van der Waals surface area contributed by atoms with Crippen LogP contribution in [0, 0.1) is 6.92 Å². The Morgan fingerprint density at radius 1 is 0.510 bits per heavy atom. The van der Waals surface area contributed by atoms with Crippen LogP contribution in [-0.4, -0.2) is 0 Å². The molecule has 0 unspecified atom stereocenters. The van der Waals surface area contributed by atoms with Crippen molar-refractivity contribution in [2.24, 2.45) is 0 Å². The van der Waals surface area contributed by atoms with E-state index in [-0.39, 0.29) is 5.41 Å². The molecule has 8 aromatic rings. The van der Waals surface area contributed by atoms with Crippen molar-refractivity contribution in [3.8, 4) is 22.6 Å². The van der Waals surface area contributed by atoms with Crippen molar-refractivity contribution in [2.45, 2.75) is 26.2 Å². The monoisotopic (exact) mass is 656 g/mol. The fourth-order valence-electron chi connectivity index (χ4n) is 8.33. The van der Waals surface area contributed by atoms with Crippen molar-refractivity contribution >= 4 is 55.7 Å². The quantitative estimate of drug-likeness (QED) is 0.187. The molecule has 0 saturated carbocycles. The molecule has 244 valence electrons. The average molecular weight is 657 g/mol. The van der Waals surface area contributed by atoms with Crippen molar-refractivity contribution in [1.82, 2.24) is 0 Å². The van der Waals surface area contributed by atoms with Crippen molar-refractivity contribution in [3.05, 3.63) is 180 Å². The summed E-state index contributed by atoms with van der Waals surface area (Å²) in [4.78, 5) is 4.83. The number of nitrogens with zero attached hydrogens (tertiary/aromatic N) is 2. The topological polar surface area (TPSA) is 15.7 Å². The summed E-state index contributed by atoms with van der Waals surface area (Å²) >= 11 is 0. The molecule has 0 bridgehead atoms. The fraction of sp³-hybridized carbons (Fsp3) is 0.0833. The number of rotatable bonds is 4. The maximum absolute atomic E-state index is 6.54. The van der Waals surface area contributed by atoms with Crippen LogP contribution in [0.2, 0.25) is 0 Å². The van der Waals surface area contributed by atoms with E-state index in [1.807, 2.05) is 0 Å². The van der Waals surface area contributed by atoms with E-state index < -0.39 is 0 Å². The van der Waals surface area contributed by atoms with E-state index in [4.69, 9.17) is 4.74 Å². The van der Waals surface area contributed by atoms with Crippen molar-refractivity contribution in [1.29, 1.82) is 0 Å². The first kappa shape index (κ1) is 29.6. The number of ether oxygens (including phenoxy) is 1. The molecule has 2 aliphatic heterocycles. The van der Waals surface area contributed by atoms with Gasteiger partial charge in [0.15, 0.2) is 11.5 Å². The Balaban J connectivity index is 1.11. The highest BCUT2D eigenvalue weighted by Gasteiger charge is 2.42. The summed E-state index contributed by atoms with van der Waals surface area (Å²) in [6.07, 6.45) is 0. The zero-order chi connectivity index (χ0) is 34.3. The van der Waals surface area contributed by atoms with Gasteiger partial charge >= 0.3 is 0 Å². The molecule has 0 radical (unpaired) electrons. The van der Waals surface area contributed by atoms with Crippen molar-refractivity contribution in [2.75, 3.05) is 9.80 Å². The Labute approximate surface area is 298 Å². The molecule has 0 aliphatic carbocycles. The molecule has 0 amide bonds. The second kappa shape index (κ2) is 11.1. The summed E-state index contributed by atoms with van der Waals surface area (Å²) in [7, 11) is 0. The third-order valence-corrected chi connectivity index (χ3v) is 10.9. The van der Waals surface area contributed by atoms with Gasteiger partial charge in [0.25, 0.3) is 0 Å². The van der Waals surface area contributed by atoms with Crippen LogP contribution in [0.3, 0.4) is 0 Å². The van der Waals surface area contributed by atoms with Crippen LogP contribution in [0.25, 0.3) is 32.7 Å². The molecule has 8 aromatic carbocycles. The van der Waals surface area contributed by atoms with Crippen molar-refractivity contribution < 1.29 is 4.74 Å². The van der Waals surface area contributed by atoms with Crippen LogP contribution in [0.1, 0.15) is 30.5 Å². The van der Waals surface area contributed by atoms with Crippen molar-refractivity contribution in [3.63, 3.8) is 0 Å². The predicted octanol–water partition coefficient (Wildman–Crippen LogP) is 13.7. The van der Waals surface area contributed by atoms with E-state index in [9.17, 15) is 0 Å². The van der Waals surface area contributed by atoms with Gasteiger partial charge < -0.3 is 14.5 Å². The molecular weight excluding hydrogens is 621 g/mol. The van der Waals surface area contributed by atoms with Gasteiger partial charge in [-0.1, -0.05) is 129 Å². The normalized spacial score (nSPS) is 13.7. The second-order valence-corrected chi connectivity index (χ2v) is 14.3. The lowest BCUT2D eigenvalue weighted by Gasteiger charge is -2.45. The largest absolute Gasteiger partial charge is 0.453 e. The molecule has 0 N–H and O–H groups in total. The van der Waals surface area contributed by atoms with E-state index in [0.29, 0.717) is 0 Å².